The van der Waals surface area contributed by atoms with Crippen LogP contribution in [0.3, 0.4) is 0 Å². The maximum Gasteiger partial charge on any atom is 0.259 e. The molecule has 2 heterocycles. The summed E-state index contributed by atoms with van der Waals surface area (Å²) in [5, 5.41) is 2.72. The first-order chi connectivity index (χ1) is 11.7. The van der Waals surface area contributed by atoms with Crippen molar-refractivity contribution in [3.05, 3.63) is 47.3 Å². The maximum atomic E-state index is 13.8. The molecule has 2 aromatic carbocycles. The average Bonchev–Trinajstić information content (AvgIpc) is 2.60. The normalized spacial score (nSPS) is 15.2. The molecular formula is C17H14FNO5. The molecule has 0 aromatic heterocycles. The van der Waals surface area contributed by atoms with E-state index < -0.39 is 11.7 Å². The van der Waals surface area contributed by atoms with Gasteiger partial charge in [0.25, 0.3) is 5.91 Å². The van der Waals surface area contributed by atoms with Crippen molar-refractivity contribution in [2.75, 3.05) is 25.3 Å². The highest BCUT2D eigenvalue weighted by atomic mass is 19.1. The van der Waals surface area contributed by atoms with Crippen LogP contribution in [0.2, 0.25) is 0 Å². The Hall–Kier alpha value is -2.80. The summed E-state index contributed by atoms with van der Waals surface area (Å²) in [6, 6.07) is 7.53. The van der Waals surface area contributed by atoms with Crippen LogP contribution in [0.25, 0.3) is 0 Å². The molecule has 0 radical (unpaired) electrons. The fourth-order valence-electron chi connectivity index (χ4n) is 2.67. The first kappa shape index (κ1) is 14.8. The van der Waals surface area contributed by atoms with E-state index in [0.717, 1.165) is 6.07 Å². The number of nitrogens with one attached hydrogen (secondary N) is 1. The van der Waals surface area contributed by atoms with Crippen LogP contribution in [-0.4, -0.2) is 25.9 Å². The standard InChI is InChI=1S/C17H14FNO5/c18-11-5-10-8-21-9-24-16(10)13(6-11)17(20)19-12-1-2-14-15(7-12)23-4-3-22-14/h1-2,5-7H,3-4,8-9H2,(H,19,20). The van der Waals surface area contributed by atoms with Crippen LogP contribution in [0.4, 0.5) is 10.1 Å². The Morgan fingerprint density at radius 2 is 1.88 bits per heavy atom. The van der Waals surface area contributed by atoms with Gasteiger partial charge in [-0.25, -0.2) is 4.39 Å². The highest BCUT2D eigenvalue weighted by Crippen LogP contribution is 2.34. The van der Waals surface area contributed by atoms with Gasteiger partial charge in [-0.2, -0.15) is 0 Å². The zero-order valence-corrected chi connectivity index (χ0v) is 12.6. The molecule has 124 valence electrons. The highest BCUT2D eigenvalue weighted by molar-refractivity contribution is 6.06. The number of ether oxygens (including phenoxy) is 4. The van der Waals surface area contributed by atoms with Gasteiger partial charge in [-0.05, 0) is 24.3 Å². The fourth-order valence-corrected chi connectivity index (χ4v) is 2.67. The van der Waals surface area contributed by atoms with Crippen molar-refractivity contribution in [3.63, 3.8) is 0 Å². The highest BCUT2D eigenvalue weighted by Gasteiger charge is 2.22. The van der Waals surface area contributed by atoms with E-state index in [1.54, 1.807) is 18.2 Å². The van der Waals surface area contributed by atoms with E-state index in [4.69, 9.17) is 18.9 Å². The molecule has 0 fully saturated rings. The topological polar surface area (TPSA) is 66.0 Å². The third-order valence-corrected chi connectivity index (χ3v) is 3.72. The summed E-state index contributed by atoms with van der Waals surface area (Å²) in [4.78, 5) is 12.5. The first-order valence-electron chi connectivity index (χ1n) is 7.45. The molecule has 0 unspecified atom stereocenters. The van der Waals surface area contributed by atoms with Crippen molar-refractivity contribution in [2.45, 2.75) is 6.61 Å². The molecule has 6 nitrogen and oxygen atoms in total. The van der Waals surface area contributed by atoms with Gasteiger partial charge >= 0.3 is 0 Å². The quantitative estimate of drug-likeness (QED) is 0.916. The molecule has 2 aliphatic heterocycles. The van der Waals surface area contributed by atoms with Gasteiger partial charge < -0.3 is 24.3 Å². The molecule has 7 heteroatoms. The third-order valence-electron chi connectivity index (χ3n) is 3.72. The molecular weight excluding hydrogens is 317 g/mol. The predicted octanol–water partition coefficient (Wildman–Crippen LogP) is 2.72. The molecule has 0 saturated heterocycles. The predicted molar refractivity (Wildman–Crippen MR) is 82.1 cm³/mol. The number of anilines is 1. The number of fused-ring (bicyclic) bond motifs is 2. The second-order valence-corrected chi connectivity index (χ2v) is 5.36. The van der Waals surface area contributed by atoms with E-state index in [1.165, 1.54) is 6.07 Å². The van der Waals surface area contributed by atoms with E-state index in [2.05, 4.69) is 5.32 Å². The number of halogens is 1. The SMILES string of the molecule is O=C(Nc1ccc2c(c1)OCCO2)c1cc(F)cc2c1OCOC2. The Morgan fingerprint density at radius 3 is 2.75 bits per heavy atom. The number of amides is 1. The van der Waals surface area contributed by atoms with Crippen LogP contribution in [0.1, 0.15) is 15.9 Å². The lowest BCUT2D eigenvalue weighted by molar-refractivity contribution is -0.0170. The van der Waals surface area contributed by atoms with Crippen molar-refractivity contribution < 1.29 is 28.1 Å². The molecule has 1 N–H and O–H groups in total. The lowest BCUT2D eigenvalue weighted by Gasteiger charge is -2.21. The van der Waals surface area contributed by atoms with Gasteiger partial charge in [0.15, 0.2) is 18.3 Å². The summed E-state index contributed by atoms with van der Waals surface area (Å²) < 4.78 is 35.2. The van der Waals surface area contributed by atoms with Gasteiger partial charge in [0.1, 0.15) is 24.8 Å². The van der Waals surface area contributed by atoms with Crippen LogP contribution >= 0.6 is 0 Å². The van der Waals surface area contributed by atoms with Crippen molar-refractivity contribution in [1.29, 1.82) is 0 Å². The van der Waals surface area contributed by atoms with E-state index in [1.807, 2.05) is 0 Å². The molecule has 1 amide bonds. The van der Waals surface area contributed by atoms with E-state index >= 15 is 0 Å². The number of carbonyl (C=O) groups is 1. The van der Waals surface area contributed by atoms with E-state index in [-0.39, 0.29) is 19.0 Å². The molecule has 2 aliphatic rings. The van der Waals surface area contributed by atoms with Crippen LogP contribution < -0.4 is 19.5 Å². The average molecular weight is 331 g/mol. The number of carbonyl (C=O) groups excluding carboxylic acids is 1. The minimum absolute atomic E-state index is 0.0307. The van der Waals surface area contributed by atoms with E-state index in [0.29, 0.717) is 41.7 Å². The molecule has 4 rings (SSSR count). The third kappa shape index (κ3) is 2.74. The Morgan fingerprint density at radius 1 is 1.04 bits per heavy atom. The van der Waals surface area contributed by atoms with Gasteiger partial charge in [-0.15, -0.1) is 0 Å². The monoisotopic (exact) mass is 331 g/mol. The molecule has 0 saturated carbocycles. The molecule has 0 aliphatic carbocycles. The van der Waals surface area contributed by atoms with Crippen LogP contribution in [0.5, 0.6) is 17.2 Å². The zero-order chi connectivity index (χ0) is 16.5. The summed E-state index contributed by atoms with van der Waals surface area (Å²) >= 11 is 0. The van der Waals surface area contributed by atoms with E-state index in [9.17, 15) is 9.18 Å². The van der Waals surface area contributed by atoms with Crippen LogP contribution in [0.15, 0.2) is 30.3 Å². The maximum absolute atomic E-state index is 13.8. The summed E-state index contributed by atoms with van der Waals surface area (Å²) in [5.74, 6) is 0.546. The van der Waals surface area contributed by atoms with Crippen molar-refractivity contribution in [3.8, 4) is 17.2 Å². The number of hydrogen-bond acceptors (Lipinski definition) is 5. The number of hydrogen-bond donors (Lipinski definition) is 1. The van der Waals surface area contributed by atoms with Crippen molar-refractivity contribution in [2.24, 2.45) is 0 Å². The Balaban J connectivity index is 1.62. The lowest BCUT2D eigenvalue weighted by Crippen LogP contribution is -2.19. The molecule has 0 atom stereocenters. The zero-order valence-electron chi connectivity index (χ0n) is 12.6. The number of rotatable bonds is 2. The van der Waals surface area contributed by atoms with Gasteiger partial charge in [-0.1, -0.05) is 0 Å². The molecule has 2 aromatic rings. The van der Waals surface area contributed by atoms with Gasteiger partial charge in [0, 0.05) is 17.3 Å². The summed E-state index contributed by atoms with van der Waals surface area (Å²) in [6.07, 6.45) is 0. The van der Waals surface area contributed by atoms with Crippen molar-refractivity contribution in [1.82, 2.24) is 0 Å². The van der Waals surface area contributed by atoms with Crippen LogP contribution in [-0.2, 0) is 11.3 Å². The second-order valence-electron chi connectivity index (χ2n) is 5.36. The number of benzene rings is 2. The van der Waals surface area contributed by atoms with Crippen LogP contribution in [0, 0.1) is 5.82 Å². The van der Waals surface area contributed by atoms with Gasteiger partial charge in [-0.3, -0.25) is 4.79 Å². The summed E-state index contributed by atoms with van der Waals surface area (Å²) in [7, 11) is 0. The Labute approximate surface area is 137 Å². The smallest absolute Gasteiger partial charge is 0.259 e. The Kier molecular flexibility index (Phi) is 3.70. The minimum atomic E-state index is -0.518. The second kappa shape index (κ2) is 6.01. The largest absolute Gasteiger partial charge is 0.486 e. The van der Waals surface area contributed by atoms with Gasteiger partial charge in [0.2, 0.25) is 0 Å². The molecule has 0 spiro atoms. The molecule has 0 bridgehead atoms. The Bertz CT molecular complexity index is 808. The minimum Gasteiger partial charge on any atom is -0.486 e. The summed E-state index contributed by atoms with van der Waals surface area (Å²) in [6.45, 7) is 1.18. The fraction of sp³-hybridized carbons (Fsp3) is 0.235. The first-order valence-corrected chi connectivity index (χ1v) is 7.45. The van der Waals surface area contributed by atoms with Gasteiger partial charge in [0.05, 0.1) is 12.2 Å². The summed E-state index contributed by atoms with van der Waals surface area (Å²) in [5.41, 5.74) is 1.16. The molecule has 24 heavy (non-hydrogen) atoms. The van der Waals surface area contributed by atoms with Crippen molar-refractivity contribution >= 4 is 11.6 Å². The lowest BCUT2D eigenvalue weighted by atomic mass is 10.1.